The second-order valence-corrected chi connectivity index (χ2v) is 7.14. The standard InChI is InChI=1S/C20H20F3N5O/c21-20(22,23)16-12-28-17(5-3-6-18(28)27-16)25-13-7-9-14(10-8-13)26-19(29)15-4-1-2-11-24-15/h1-6,11-14,25H,7-10H2,(H,26,29)/t13-,14+. The number of hydrogen-bond donors (Lipinski definition) is 2. The van der Waals surface area contributed by atoms with Crippen molar-refractivity contribution in [1.29, 1.82) is 0 Å². The number of imidazole rings is 1. The van der Waals surface area contributed by atoms with Gasteiger partial charge in [0.25, 0.3) is 5.91 Å². The van der Waals surface area contributed by atoms with E-state index in [0.717, 1.165) is 31.9 Å². The van der Waals surface area contributed by atoms with Crippen molar-refractivity contribution in [3.05, 3.63) is 60.2 Å². The van der Waals surface area contributed by atoms with Crippen molar-refractivity contribution in [2.75, 3.05) is 5.32 Å². The molecule has 29 heavy (non-hydrogen) atoms. The Kier molecular flexibility index (Phi) is 5.12. The van der Waals surface area contributed by atoms with Crippen molar-refractivity contribution in [1.82, 2.24) is 19.7 Å². The van der Waals surface area contributed by atoms with Gasteiger partial charge in [0, 0.05) is 24.5 Å². The highest BCUT2D eigenvalue weighted by Gasteiger charge is 2.34. The molecule has 0 radical (unpaired) electrons. The first kappa shape index (κ1) is 19.2. The molecule has 2 N–H and O–H groups in total. The molecule has 0 aromatic carbocycles. The van der Waals surface area contributed by atoms with Crippen LogP contribution in [0.15, 0.2) is 48.8 Å². The van der Waals surface area contributed by atoms with Gasteiger partial charge >= 0.3 is 6.18 Å². The van der Waals surface area contributed by atoms with Gasteiger partial charge in [0.05, 0.1) is 0 Å². The van der Waals surface area contributed by atoms with Gasteiger partial charge in [0.2, 0.25) is 0 Å². The number of carbonyl (C=O) groups is 1. The predicted octanol–water partition coefficient (Wildman–Crippen LogP) is 3.90. The Labute approximate surface area is 165 Å². The lowest BCUT2D eigenvalue weighted by Gasteiger charge is -2.30. The highest BCUT2D eigenvalue weighted by Crippen LogP contribution is 2.30. The number of nitrogens with one attached hydrogen (secondary N) is 2. The summed E-state index contributed by atoms with van der Waals surface area (Å²) in [6.45, 7) is 0. The van der Waals surface area contributed by atoms with E-state index in [-0.39, 0.29) is 23.6 Å². The van der Waals surface area contributed by atoms with E-state index in [2.05, 4.69) is 20.6 Å². The number of anilines is 1. The summed E-state index contributed by atoms with van der Waals surface area (Å²) in [5.41, 5.74) is -0.272. The summed E-state index contributed by atoms with van der Waals surface area (Å²) in [6.07, 6.45) is 1.27. The SMILES string of the molecule is O=C(N[C@H]1CC[C@@H](Nc2cccc3nc(C(F)(F)F)cn23)CC1)c1ccccn1. The van der Waals surface area contributed by atoms with Crippen molar-refractivity contribution >= 4 is 17.4 Å². The highest BCUT2D eigenvalue weighted by molar-refractivity contribution is 5.92. The van der Waals surface area contributed by atoms with Crippen LogP contribution in [0.5, 0.6) is 0 Å². The minimum Gasteiger partial charge on any atom is -0.368 e. The zero-order valence-electron chi connectivity index (χ0n) is 15.5. The molecule has 1 fully saturated rings. The molecule has 3 aromatic heterocycles. The molecule has 3 aromatic rings. The number of aromatic nitrogens is 3. The number of carbonyl (C=O) groups excluding carboxylic acids is 1. The van der Waals surface area contributed by atoms with Crippen LogP contribution in [-0.4, -0.2) is 32.4 Å². The number of fused-ring (bicyclic) bond motifs is 1. The quantitative estimate of drug-likeness (QED) is 0.693. The number of rotatable bonds is 4. The van der Waals surface area contributed by atoms with Crippen molar-refractivity contribution in [3.8, 4) is 0 Å². The summed E-state index contributed by atoms with van der Waals surface area (Å²) in [6, 6.07) is 10.3. The minimum atomic E-state index is -4.48. The van der Waals surface area contributed by atoms with E-state index in [1.165, 1.54) is 4.40 Å². The van der Waals surface area contributed by atoms with Gasteiger partial charge in [-0.25, -0.2) is 4.98 Å². The molecule has 1 aliphatic rings. The smallest absolute Gasteiger partial charge is 0.368 e. The van der Waals surface area contributed by atoms with Crippen molar-refractivity contribution in [2.24, 2.45) is 0 Å². The maximum atomic E-state index is 13.0. The molecule has 3 heterocycles. The van der Waals surface area contributed by atoms with Gasteiger partial charge in [0.15, 0.2) is 5.69 Å². The van der Waals surface area contributed by atoms with E-state index in [1.54, 1.807) is 42.6 Å². The van der Waals surface area contributed by atoms with Crippen LogP contribution in [-0.2, 0) is 6.18 Å². The zero-order chi connectivity index (χ0) is 20.4. The van der Waals surface area contributed by atoms with Gasteiger partial charge in [-0.05, 0) is 49.9 Å². The number of amides is 1. The van der Waals surface area contributed by atoms with E-state index in [1.807, 2.05) is 0 Å². The lowest BCUT2D eigenvalue weighted by Crippen LogP contribution is -2.40. The molecule has 0 aliphatic heterocycles. The molecule has 1 saturated carbocycles. The number of nitrogens with zero attached hydrogens (tertiary/aromatic N) is 3. The number of alkyl halides is 3. The maximum absolute atomic E-state index is 13.0. The number of hydrogen-bond acceptors (Lipinski definition) is 4. The molecule has 0 unspecified atom stereocenters. The maximum Gasteiger partial charge on any atom is 0.434 e. The van der Waals surface area contributed by atoms with Crippen molar-refractivity contribution in [3.63, 3.8) is 0 Å². The molecule has 9 heteroatoms. The number of pyridine rings is 2. The Morgan fingerprint density at radius 3 is 2.48 bits per heavy atom. The Balaban J connectivity index is 1.37. The second kappa shape index (κ2) is 7.73. The Bertz CT molecular complexity index is 994. The van der Waals surface area contributed by atoms with E-state index in [9.17, 15) is 18.0 Å². The largest absolute Gasteiger partial charge is 0.434 e. The topological polar surface area (TPSA) is 71.3 Å². The predicted molar refractivity (Wildman–Crippen MR) is 102 cm³/mol. The van der Waals surface area contributed by atoms with Gasteiger partial charge in [-0.3, -0.25) is 14.2 Å². The normalized spacial score (nSPS) is 19.8. The van der Waals surface area contributed by atoms with Crippen LogP contribution in [0.25, 0.3) is 5.65 Å². The molecule has 0 saturated heterocycles. The van der Waals surface area contributed by atoms with Crippen LogP contribution in [0.3, 0.4) is 0 Å². The molecular weight excluding hydrogens is 383 g/mol. The second-order valence-electron chi connectivity index (χ2n) is 7.14. The van der Waals surface area contributed by atoms with E-state index in [4.69, 9.17) is 0 Å². The molecule has 0 spiro atoms. The third-order valence-electron chi connectivity index (χ3n) is 5.09. The Hall–Kier alpha value is -3.10. The van der Waals surface area contributed by atoms with E-state index >= 15 is 0 Å². The van der Waals surface area contributed by atoms with Crippen LogP contribution in [0.4, 0.5) is 19.0 Å². The van der Waals surface area contributed by atoms with Crippen LogP contribution in [0.2, 0.25) is 0 Å². The first-order valence-electron chi connectivity index (χ1n) is 9.44. The molecule has 152 valence electrons. The Morgan fingerprint density at radius 2 is 1.79 bits per heavy atom. The van der Waals surface area contributed by atoms with Crippen LogP contribution in [0.1, 0.15) is 41.9 Å². The molecule has 1 amide bonds. The summed E-state index contributed by atoms with van der Waals surface area (Å²) in [5.74, 6) is 0.386. The van der Waals surface area contributed by atoms with Crippen LogP contribution in [0, 0.1) is 0 Å². The lowest BCUT2D eigenvalue weighted by atomic mass is 9.91. The third-order valence-corrected chi connectivity index (χ3v) is 5.09. The number of halogens is 3. The summed E-state index contributed by atoms with van der Waals surface area (Å²) >= 11 is 0. The van der Waals surface area contributed by atoms with Gasteiger partial charge in [-0.1, -0.05) is 12.1 Å². The fraction of sp³-hybridized carbons (Fsp3) is 0.350. The van der Waals surface area contributed by atoms with Crippen LogP contribution >= 0.6 is 0 Å². The average molecular weight is 403 g/mol. The highest BCUT2D eigenvalue weighted by atomic mass is 19.4. The fourth-order valence-corrected chi connectivity index (χ4v) is 3.61. The third kappa shape index (κ3) is 4.33. The average Bonchev–Trinajstić information content (AvgIpc) is 3.16. The molecule has 4 rings (SSSR count). The first-order valence-corrected chi connectivity index (χ1v) is 9.44. The van der Waals surface area contributed by atoms with Crippen molar-refractivity contribution < 1.29 is 18.0 Å². The molecule has 1 aliphatic carbocycles. The molecule has 0 atom stereocenters. The summed E-state index contributed by atoms with van der Waals surface area (Å²) in [5, 5.41) is 6.32. The van der Waals surface area contributed by atoms with Gasteiger partial charge < -0.3 is 10.6 Å². The zero-order valence-corrected chi connectivity index (χ0v) is 15.5. The molecule has 6 nitrogen and oxygen atoms in total. The summed E-state index contributed by atoms with van der Waals surface area (Å²) < 4.78 is 40.3. The summed E-state index contributed by atoms with van der Waals surface area (Å²) in [4.78, 5) is 19.9. The van der Waals surface area contributed by atoms with Gasteiger partial charge in [-0.2, -0.15) is 13.2 Å². The van der Waals surface area contributed by atoms with E-state index < -0.39 is 11.9 Å². The van der Waals surface area contributed by atoms with Gasteiger partial charge in [0.1, 0.15) is 17.2 Å². The summed E-state index contributed by atoms with van der Waals surface area (Å²) in [7, 11) is 0. The first-order chi connectivity index (χ1) is 13.9. The Morgan fingerprint density at radius 1 is 1.03 bits per heavy atom. The van der Waals surface area contributed by atoms with E-state index in [0.29, 0.717) is 11.5 Å². The fourth-order valence-electron chi connectivity index (χ4n) is 3.61. The molecular formula is C20H20F3N5O. The lowest BCUT2D eigenvalue weighted by molar-refractivity contribution is -0.140. The molecule has 0 bridgehead atoms. The van der Waals surface area contributed by atoms with Crippen molar-refractivity contribution in [2.45, 2.75) is 43.9 Å². The monoisotopic (exact) mass is 403 g/mol. The van der Waals surface area contributed by atoms with Gasteiger partial charge in [-0.15, -0.1) is 0 Å². The minimum absolute atomic E-state index is 0.0587. The van der Waals surface area contributed by atoms with Crippen LogP contribution < -0.4 is 10.6 Å².